The third-order valence-corrected chi connectivity index (χ3v) is 4.61. The minimum atomic E-state index is -0.260. The first-order chi connectivity index (χ1) is 12.5. The highest BCUT2D eigenvalue weighted by molar-refractivity contribution is 6.31. The highest BCUT2D eigenvalue weighted by Gasteiger charge is 2.17. The predicted octanol–water partition coefficient (Wildman–Crippen LogP) is 4.56. The molecule has 2 N–H and O–H groups in total. The van der Waals surface area contributed by atoms with E-state index in [0.29, 0.717) is 22.1 Å². The number of carbonyl (C=O) groups is 1. The number of benzene rings is 2. The van der Waals surface area contributed by atoms with Gasteiger partial charge in [0.2, 0.25) is 0 Å². The minimum Gasteiger partial charge on any atom is -0.342 e. The Hall–Kier alpha value is -2.92. The van der Waals surface area contributed by atoms with Crippen molar-refractivity contribution in [2.45, 2.75) is 19.9 Å². The maximum atomic E-state index is 12.8. The molecule has 0 saturated carbocycles. The van der Waals surface area contributed by atoms with E-state index in [0.717, 1.165) is 21.9 Å². The molecule has 1 unspecified atom stereocenters. The van der Waals surface area contributed by atoms with Crippen LogP contribution in [0.1, 0.15) is 34.8 Å². The molecular formula is C20H17ClN4O. The number of para-hydroxylation sites is 2. The molecule has 1 atom stereocenters. The van der Waals surface area contributed by atoms with Gasteiger partial charge in [-0.25, -0.2) is 4.98 Å². The first-order valence-corrected chi connectivity index (χ1v) is 8.71. The summed E-state index contributed by atoms with van der Waals surface area (Å²) in [6.45, 7) is 3.73. The Labute approximate surface area is 155 Å². The van der Waals surface area contributed by atoms with Crippen molar-refractivity contribution in [1.82, 2.24) is 20.3 Å². The lowest BCUT2D eigenvalue weighted by atomic mass is 10.1. The maximum absolute atomic E-state index is 12.8. The molecule has 2 heterocycles. The van der Waals surface area contributed by atoms with Crippen LogP contribution in [-0.2, 0) is 0 Å². The summed E-state index contributed by atoms with van der Waals surface area (Å²) in [5, 5.41) is 4.44. The highest BCUT2D eigenvalue weighted by Crippen LogP contribution is 2.22. The van der Waals surface area contributed by atoms with E-state index in [2.05, 4.69) is 20.3 Å². The molecule has 26 heavy (non-hydrogen) atoms. The van der Waals surface area contributed by atoms with E-state index >= 15 is 0 Å². The van der Waals surface area contributed by atoms with Crippen molar-refractivity contribution in [2.24, 2.45) is 0 Å². The summed E-state index contributed by atoms with van der Waals surface area (Å²) in [6, 6.07) is 14.8. The summed E-state index contributed by atoms with van der Waals surface area (Å²) in [5.74, 6) is 0.527. The van der Waals surface area contributed by atoms with Crippen molar-refractivity contribution < 1.29 is 4.79 Å². The van der Waals surface area contributed by atoms with Crippen molar-refractivity contribution in [2.75, 3.05) is 0 Å². The van der Waals surface area contributed by atoms with Gasteiger partial charge >= 0.3 is 0 Å². The fraction of sp³-hybridized carbons (Fsp3) is 0.150. The third-order valence-electron chi connectivity index (χ3n) is 4.38. The number of imidazole rings is 1. The number of rotatable bonds is 3. The lowest BCUT2D eigenvalue weighted by Crippen LogP contribution is -2.28. The molecule has 5 nitrogen and oxygen atoms in total. The molecule has 2 aromatic heterocycles. The van der Waals surface area contributed by atoms with Gasteiger partial charge in [0, 0.05) is 10.4 Å². The lowest BCUT2D eigenvalue weighted by Gasteiger charge is -2.13. The maximum Gasteiger partial charge on any atom is 0.253 e. The summed E-state index contributed by atoms with van der Waals surface area (Å²) in [7, 11) is 0. The van der Waals surface area contributed by atoms with E-state index in [1.54, 1.807) is 6.07 Å². The quantitative estimate of drug-likeness (QED) is 0.559. The normalized spacial score (nSPS) is 12.4. The monoisotopic (exact) mass is 364 g/mol. The Morgan fingerprint density at radius 1 is 1.12 bits per heavy atom. The SMILES string of the molecule is Cc1nc2ccc(Cl)cc2cc1C(=O)NC(C)c1nc2ccccc2[nH]1. The van der Waals surface area contributed by atoms with Crippen LogP contribution in [0.4, 0.5) is 0 Å². The fourth-order valence-electron chi connectivity index (χ4n) is 2.99. The second kappa shape index (κ2) is 6.42. The van der Waals surface area contributed by atoms with Gasteiger partial charge in [-0.1, -0.05) is 23.7 Å². The smallest absolute Gasteiger partial charge is 0.253 e. The van der Waals surface area contributed by atoms with Crippen LogP contribution in [-0.4, -0.2) is 20.9 Å². The summed E-state index contributed by atoms with van der Waals surface area (Å²) in [5.41, 5.74) is 3.84. The van der Waals surface area contributed by atoms with Gasteiger partial charge in [0.1, 0.15) is 5.82 Å². The van der Waals surface area contributed by atoms with Gasteiger partial charge in [0.15, 0.2) is 0 Å². The number of nitrogens with zero attached hydrogens (tertiary/aromatic N) is 2. The Bertz CT molecular complexity index is 1100. The Balaban J connectivity index is 1.62. The number of amides is 1. The zero-order valence-electron chi connectivity index (χ0n) is 14.4. The van der Waals surface area contributed by atoms with Gasteiger partial charge in [-0.05, 0) is 50.2 Å². The minimum absolute atomic E-state index is 0.190. The zero-order chi connectivity index (χ0) is 18.3. The predicted molar refractivity (Wildman–Crippen MR) is 103 cm³/mol. The van der Waals surface area contributed by atoms with Gasteiger partial charge in [0.25, 0.3) is 5.91 Å². The van der Waals surface area contributed by atoms with E-state index in [1.165, 1.54) is 0 Å². The van der Waals surface area contributed by atoms with Gasteiger partial charge < -0.3 is 10.3 Å². The Kier molecular flexibility index (Phi) is 4.09. The van der Waals surface area contributed by atoms with Crippen molar-refractivity contribution in [3.63, 3.8) is 0 Å². The van der Waals surface area contributed by atoms with Crippen LogP contribution in [0, 0.1) is 6.92 Å². The summed E-state index contributed by atoms with van der Waals surface area (Å²) >= 11 is 6.05. The molecule has 130 valence electrons. The van der Waals surface area contributed by atoms with Crippen molar-refractivity contribution in [3.8, 4) is 0 Å². The largest absolute Gasteiger partial charge is 0.342 e. The van der Waals surface area contributed by atoms with Crippen molar-refractivity contribution >= 4 is 39.4 Å². The molecular weight excluding hydrogens is 348 g/mol. The third kappa shape index (κ3) is 3.02. The molecule has 6 heteroatoms. The number of aryl methyl sites for hydroxylation is 1. The molecule has 0 bridgehead atoms. The average Bonchev–Trinajstić information content (AvgIpc) is 3.05. The molecule has 2 aromatic carbocycles. The van der Waals surface area contributed by atoms with Crippen molar-refractivity contribution in [3.05, 3.63) is 70.6 Å². The number of H-pyrrole nitrogens is 1. The number of carbonyl (C=O) groups excluding carboxylic acids is 1. The standard InChI is InChI=1S/C20H17ClN4O/c1-11-15(10-13-9-14(21)7-8-16(13)22-11)20(26)23-12(2)19-24-17-5-3-4-6-18(17)25-19/h3-10,12H,1-2H3,(H,23,26)(H,24,25). The summed E-state index contributed by atoms with van der Waals surface area (Å²) in [6.07, 6.45) is 0. The second-order valence-electron chi connectivity index (χ2n) is 6.29. The number of nitrogens with one attached hydrogen (secondary N) is 2. The van der Waals surface area contributed by atoms with Gasteiger partial charge in [-0.3, -0.25) is 9.78 Å². The van der Waals surface area contributed by atoms with Gasteiger partial charge in [-0.2, -0.15) is 0 Å². The molecule has 4 rings (SSSR count). The van der Waals surface area contributed by atoms with Crippen molar-refractivity contribution in [1.29, 1.82) is 0 Å². The first-order valence-electron chi connectivity index (χ1n) is 8.33. The first kappa shape index (κ1) is 16.5. The number of aromatic amines is 1. The fourth-order valence-corrected chi connectivity index (χ4v) is 3.17. The van der Waals surface area contributed by atoms with E-state index < -0.39 is 0 Å². The highest BCUT2D eigenvalue weighted by atomic mass is 35.5. The van der Waals surface area contributed by atoms with Crippen LogP contribution >= 0.6 is 11.6 Å². The van der Waals surface area contributed by atoms with Crippen LogP contribution in [0.5, 0.6) is 0 Å². The van der Waals surface area contributed by atoms with Gasteiger partial charge in [-0.15, -0.1) is 0 Å². The van der Waals surface area contributed by atoms with Crippen LogP contribution in [0.3, 0.4) is 0 Å². The summed E-state index contributed by atoms with van der Waals surface area (Å²) < 4.78 is 0. The number of pyridine rings is 1. The van der Waals surface area contributed by atoms with Crippen LogP contribution < -0.4 is 5.32 Å². The Morgan fingerprint density at radius 2 is 1.92 bits per heavy atom. The van der Waals surface area contributed by atoms with E-state index in [1.807, 2.05) is 56.3 Å². The molecule has 0 radical (unpaired) electrons. The van der Waals surface area contributed by atoms with Gasteiger partial charge in [0.05, 0.1) is 33.8 Å². The average molecular weight is 365 g/mol. The molecule has 4 aromatic rings. The number of fused-ring (bicyclic) bond motifs is 2. The number of hydrogen-bond donors (Lipinski definition) is 2. The molecule has 0 aliphatic heterocycles. The Morgan fingerprint density at radius 3 is 2.73 bits per heavy atom. The van der Waals surface area contributed by atoms with Crippen LogP contribution in [0.15, 0.2) is 48.5 Å². The number of aromatic nitrogens is 3. The van der Waals surface area contributed by atoms with Crippen LogP contribution in [0.2, 0.25) is 5.02 Å². The number of hydrogen-bond acceptors (Lipinski definition) is 3. The molecule has 0 fully saturated rings. The molecule has 0 aliphatic carbocycles. The number of halogens is 1. The molecule has 0 saturated heterocycles. The van der Waals surface area contributed by atoms with E-state index in [9.17, 15) is 4.79 Å². The molecule has 0 aliphatic rings. The van der Waals surface area contributed by atoms with Crippen LogP contribution in [0.25, 0.3) is 21.9 Å². The lowest BCUT2D eigenvalue weighted by molar-refractivity contribution is 0.0937. The second-order valence-corrected chi connectivity index (χ2v) is 6.73. The van der Waals surface area contributed by atoms with E-state index in [-0.39, 0.29) is 11.9 Å². The zero-order valence-corrected chi connectivity index (χ0v) is 15.1. The topological polar surface area (TPSA) is 70.7 Å². The van der Waals surface area contributed by atoms with E-state index in [4.69, 9.17) is 11.6 Å². The molecule has 1 amide bonds. The summed E-state index contributed by atoms with van der Waals surface area (Å²) in [4.78, 5) is 25.1. The molecule has 0 spiro atoms.